The summed E-state index contributed by atoms with van der Waals surface area (Å²) in [5.74, 6) is 0.851. The van der Waals surface area contributed by atoms with Gasteiger partial charge in [-0.1, -0.05) is 0 Å². The van der Waals surface area contributed by atoms with Gasteiger partial charge in [0.05, 0.1) is 0 Å². The van der Waals surface area contributed by atoms with E-state index in [0.29, 0.717) is 19.1 Å². The molecule has 0 saturated heterocycles. The molecule has 0 bridgehead atoms. The Hall–Kier alpha value is -2.12. The Morgan fingerprint density at radius 3 is 2.10 bits per heavy atom. The van der Waals surface area contributed by atoms with Crippen molar-refractivity contribution in [3.8, 4) is 0 Å². The van der Waals surface area contributed by atoms with Crippen LogP contribution in [0.1, 0.15) is 38.6 Å². The van der Waals surface area contributed by atoms with E-state index < -0.39 is 0 Å². The molecular weight excluding hydrogens is 272 g/mol. The maximum absolute atomic E-state index is 11.6. The summed E-state index contributed by atoms with van der Waals surface area (Å²) in [7, 11) is 1.68. The van der Waals surface area contributed by atoms with Crippen molar-refractivity contribution >= 4 is 0 Å². The summed E-state index contributed by atoms with van der Waals surface area (Å²) in [6.07, 6.45) is 3.78. The molecule has 0 spiro atoms. The van der Waals surface area contributed by atoms with Crippen molar-refractivity contribution in [1.29, 1.82) is 0 Å². The van der Waals surface area contributed by atoms with Gasteiger partial charge in [-0.25, -0.2) is 19.0 Å². The Morgan fingerprint density at radius 1 is 1.14 bits per heavy atom. The van der Waals surface area contributed by atoms with E-state index >= 15 is 0 Å². The Balaban J connectivity index is 0.000000161. The molecule has 116 valence electrons. The molecule has 0 radical (unpaired) electrons. The second-order valence-electron chi connectivity index (χ2n) is 5.09. The van der Waals surface area contributed by atoms with Gasteiger partial charge in [0.25, 0.3) is 0 Å². The van der Waals surface area contributed by atoms with E-state index in [9.17, 15) is 9.59 Å². The van der Waals surface area contributed by atoms with Gasteiger partial charge in [-0.2, -0.15) is 10.2 Å². The molecule has 3 rings (SSSR count). The molecule has 8 heteroatoms. The zero-order chi connectivity index (χ0) is 15.6. The molecule has 1 aliphatic carbocycles. The first-order chi connectivity index (χ1) is 9.99. The third kappa shape index (κ3) is 3.14. The van der Waals surface area contributed by atoms with Crippen LogP contribution >= 0.6 is 0 Å². The lowest BCUT2D eigenvalue weighted by Crippen LogP contribution is -2.23. The maximum atomic E-state index is 11.6. The minimum absolute atomic E-state index is 0.0532. The molecule has 0 aliphatic heterocycles. The van der Waals surface area contributed by atoms with Gasteiger partial charge in [-0.05, 0) is 33.6 Å². The molecule has 1 saturated carbocycles. The van der Waals surface area contributed by atoms with Crippen molar-refractivity contribution in [2.24, 2.45) is 7.05 Å². The Bertz CT molecular complexity index is 716. The van der Waals surface area contributed by atoms with Crippen LogP contribution in [0.5, 0.6) is 0 Å². The Kier molecular flexibility index (Phi) is 4.44. The van der Waals surface area contributed by atoms with Gasteiger partial charge in [-0.3, -0.25) is 9.13 Å². The number of hydrogen-bond acceptors (Lipinski definition) is 4. The van der Waals surface area contributed by atoms with Crippen molar-refractivity contribution in [2.75, 3.05) is 0 Å². The van der Waals surface area contributed by atoms with Gasteiger partial charge in [0.15, 0.2) is 0 Å². The highest BCUT2D eigenvalue weighted by Gasteiger charge is 2.28. The summed E-state index contributed by atoms with van der Waals surface area (Å²) in [6, 6.07) is 0.442. The molecule has 0 aromatic carbocycles. The fourth-order valence-corrected chi connectivity index (χ4v) is 2.13. The summed E-state index contributed by atoms with van der Waals surface area (Å²) >= 11 is 0. The molecule has 21 heavy (non-hydrogen) atoms. The van der Waals surface area contributed by atoms with Crippen LogP contribution in [0.25, 0.3) is 0 Å². The second kappa shape index (κ2) is 6.11. The van der Waals surface area contributed by atoms with Crippen LogP contribution in [0.15, 0.2) is 15.9 Å². The van der Waals surface area contributed by atoms with Crippen LogP contribution < -0.4 is 11.4 Å². The average molecular weight is 294 g/mol. The van der Waals surface area contributed by atoms with Crippen LogP contribution in [0.2, 0.25) is 0 Å². The van der Waals surface area contributed by atoms with Crippen molar-refractivity contribution in [1.82, 2.24) is 28.7 Å². The smallest absolute Gasteiger partial charge is 0.285 e. The normalized spacial score (nSPS) is 13.9. The molecule has 8 nitrogen and oxygen atoms in total. The lowest BCUT2D eigenvalue weighted by Gasteiger charge is -1.95. The number of nitrogens with zero attached hydrogens (tertiary/aromatic N) is 6. The van der Waals surface area contributed by atoms with Crippen molar-refractivity contribution < 1.29 is 0 Å². The second-order valence-corrected chi connectivity index (χ2v) is 5.09. The molecule has 0 unspecified atom stereocenters. The summed E-state index contributed by atoms with van der Waals surface area (Å²) in [6.45, 7) is 7.02. The highest BCUT2D eigenvalue weighted by molar-refractivity contribution is 4.93. The standard InChI is InChI=1S/C8H13N3O.C5H9N3O/c1-3-10-8(12)11(6(2)9-10)7-4-5-7;1-3-8-5(9)7(2)4-6-8/h7H,3-5H2,1-2H3;4H,3H2,1-2H3. The highest BCUT2D eigenvalue weighted by Crippen LogP contribution is 2.33. The van der Waals surface area contributed by atoms with Crippen LogP contribution in [0.4, 0.5) is 0 Å². The third-order valence-corrected chi connectivity index (χ3v) is 3.44. The number of aromatic nitrogens is 6. The van der Waals surface area contributed by atoms with E-state index in [4.69, 9.17) is 0 Å². The van der Waals surface area contributed by atoms with Gasteiger partial charge in [0.2, 0.25) is 0 Å². The quantitative estimate of drug-likeness (QED) is 0.816. The van der Waals surface area contributed by atoms with Crippen molar-refractivity contribution in [2.45, 2.75) is 52.7 Å². The fraction of sp³-hybridized carbons (Fsp3) is 0.692. The molecule has 1 fully saturated rings. The predicted molar refractivity (Wildman–Crippen MR) is 78.3 cm³/mol. The first kappa shape index (κ1) is 15.3. The number of aryl methyl sites for hydroxylation is 4. The SMILES string of the molecule is CCn1nc(C)n(C2CC2)c1=O.CCn1ncn(C)c1=O. The summed E-state index contributed by atoms with van der Waals surface area (Å²) in [5, 5.41) is 7.96. The minimum atomic E-state index is -0.0579. The molecule has 2 aromatic rings. The largest absolute Gasteiger partial charge is 0.346 e. The third-order valence-electron chi connectivity index (χ3n) is 3.44. The molecule has 0 amide bonds. The highest BCUT2D eigenvalue weighted by atomic mass is 16.2. The van der Waals surface area contributed by atoms with Gasteiger partial charge >= 0.3 is 11.4 Å². The van der Waals surface area contributed by atoms with Gasteiger partial charge in [-0.15, -0.1) is 0 Å². The van der Waals surface area contributed by atoms with E-state index in [0.717, 1.165) is 18.7 Å². The van der Waals surface area contributed by atoms with E-state index in [1.54, 1.807) is 7.05 Å². The van der Waals surface area contributed by atoms with Crippen molar-refractivity contribution in [3.63, 3.8) is 0 Å². The van der Waals surface area contributed by atoms with Crippen LogP contribution in [-0.4, -0.2) is 28.7 Å². The predicted octanol–water partition coefficient (Wildman–Crippen LogP) is 0.310. The molecule has 2 aromatic heterocycles. The average Bonchev–Trinajstić information content (AvgIpc) is 3.19. The summed E-state index contributed by atoms with van der Waals surface area (Å²) in [5.41, 5.74) is -0.00463. The lowest BCUT2D eigenvalue weighted by molar-refractivity contribution is 0.607. The van der Waals surface area contributed by atoms with Gasteiger partial charge < -0.3 is 0 Å². The number of rotatable bonds is 3. The Labute approximate surface area is 122 Å². The Morgan fingerprint density at radius 2 is 1.76 bits per heavy atom. The molecular formula is C13H22N6O2. The lowest BCUT2D eigenvalue weighted by atomic mass is 10.6. The first-order valence-corrected chi connectivity index (χ1v) is 7.23. The van der Waals surface area contributed by atoms with Crippen LogP contribution in [0, 0.1) is 6.92 Å². The van der Waals surface area contributed by atoms with Gasteiger partial charge in [0.1, 0.15) is 12.2 Å². The summed E-state index contributed by atoms with van der Waals surface area (Å²) in [4.78, 5) is 22.4. The van der Waals surface area contributed by atoms with E-state index in [2.05, 4.69) is 10.2 Å². The van der Waals surface area contributed by atoms with E-state index in [1.165, 1.54) is 20.3 Å². The van der Waals surface area contributed by atoms with Crippen LogP contribution in [-0.2, 0) is 20.1 Å². The van der Waals surface area contributed by atoms with Crippen LogP contribution in [0.3, 0.4) is 0 Å². The van der Waals surface area contributed by atoms with E-state index in [-0.39, 0.29) is 11.4 Å². The monoisotopic (exact) mass is 294 g/mol. The maximum Gasteiger partial charge on any atom is 0.346 e. The molecule has 0 N–H and O–H groups in total. The van der Waals surface area contributed by atoms with Crippen molar-refractivity contribution in [3.05, 3.63) is 33.1 Å². The zero-order valence-corrected chi connectivity index (χ0v) is 13.0. The first-order valence-electron chi connectivity index (χ1n) is 7.23. The minimum Gasteiger partial charge on any atom is -0.285 e. The van der Waals surface area contributed by atoms with Gasteiger partial charge in [0, 0.05) is 26.2 Å². The molecule has 1 aliphatic rings. The number of hydrogen-bond donors (Lipinski definition) is 0. The molecule has 2 heterocycles. The summed E-state index contributed by atoms with van der Waals surface area (Å²) < 4.78 is 6.18. The fourth-order valence-electron chi connectivity index (χ4n) is 2.13. The zero-order valence-electron chi connectivity index (χ0n) is 13.0. The topological polar surface area (TPSA) is 79.6 Å². The van der Waals surface area contributed by atoms with E-state index in [1.807, 2.05) is 25.3 Å². The molecule has 0 atom stereocenters.